The molecule has 0 aliphatic heterocycles. The van der Waals surface area contributed by atoms with E-state index in [4.69, 9.17) is 5.73 Å². The normalized spacial score (nSPS) is 6.85. The van der Waals surface area contributed by atoms with E-state index in [9.17, 15) is 0 Å². The van der Waals surface area contributed by atoms with E-state index in [0.717, 1.165) is 19.4 Å². The zero-order valence-corrected chi connectivity index (χ0v) is 10.2. The van der Waals surface area contributed by atoms with Gasteiger partial charge in [-0.05, 0) is 24.9 Å². The number of nitrogens with one attached hydrogen (secondary N) is 1. The highest BCUT2D eigenvalue weighted by atomic mass is 35.5. The van der Waals surface area contributed by atoms with Crippen molar-refractivity contribution in [1.82, 2.24) is 10.2 Å². The van der Waals surface area contributed by atoms with Gasteiger partial charge in [-0.15, -0.1) is 49.6 Å². The van der Waals surface area contributed by atoms with Crippen LogP contribution in [0.3, 0.4) is 0 Å². The Morgan fingerprint density at radius 3 is 2.23 bits per heavy atom. The van der Waals surface area contributed by atoms with Gasteiger partial charge in [0, 0.05) is 6.20 Å². The van der Waals surface area contributed by atoms with Crippen LogP contribution in [0.25, 0.3) is 0 Å². The molecule has 0 aliphatic rings. The van der Waals surface area contributed by atoms with Gasteiger partial charge in [-0.1, -0.05) is 0 Å². The average molecular weight is 271 g/mol. The highest BCUT2D eigenvalue weighted by Crippen LogP contribution is 1.96. The van der Waals surface area contributed by atoms with Crippen molar-refractivity contribution >= 4 is 49.6 Å². The van der Waals surface area contributed by atoms with Crippen LogP contribution in [0.1, 0.15) is 12.0 Å². The molecule has 82 valence electrons. The molecule has 3 N–H and O–H groups in total. The molecule has 1 heterocycles. The standard InChI is InChI=1S/C6H11N3.4ClH/c7-3-1-2-6-4-8-9-5-6;;;;/h4-5H,1-3,7H2,(H,8,9);4*1H. The first kappa shape index (κ1) is 23.3. The van der Waals surface area contributed by atoms with Crippen molar-refractivity contribution in [2.45, 2.75) is 12.8 Å². The lowest BCUT2D eigenvalue weighted by atomic mass is 10.2. The first-order chi connectivity index (χ1) is 4.43. The van der Waals surface area contributed by atoms with E-state index in [0.29, 0.717) is 0 Å². The summed E-state index contributed by atoms with van der Waals surface area (Å²) in [6.45, 7) is 0.755. The number of hydrogen-bond acceptors (Lipinski definition) is 2. The van der Waals surface area contributed by atoms with E-state index in [-0.39, 0.29) is 49.6 Å². The lowest BCUT2D eigenvalue weighted by Gasteiger charge is -1.89. The van der Waals surface area contributed by atoms with E-state index in [1.807, 2.05) is 12.4 Å². The summed E-state index contributed by atoms with van der Waals surface area (Å²) in [6.07, 6.45) is 5.80. The Bertz CT molecular complexity index is 157. The summed E-state index contributed by atoms with van der Waals surface area (Å²) in [5.41, 5.74) is 6.55. The summed E-state index contributed by atoms with van der Waals surface area (Å²) >= 11 is 0. The van der Waals surface area contributed by atoms with Crippen LogP contribution < -0.4 is 5.73 Å². The Morgan fingerprint density at radius 1 is 1.23 bits per heavy atom. The first-order valence-corrected chi connectivity index (χ1v) is 3.11. The molecule has 7 heteroatoms. The number of H-pyrrole nitrogens is 1. The van der Waals surface area contributed by atoms with Crippen LogP contribution >= 0.6 is 49.6 Å². The summed E-state index contributed by atoms with van der Waals surface area (Å²) in [7, 11) is 0. The van der Waals surface area contributed by atoms with Gasteiger partial charge >= 0.3 is 0 Å². The Morgan fingerprint density at radius 2 is 1.85 bits per heavy atom. The van der Waals surface area contributed by atoms with Crippen LogP contribution in [0.2, 0.25) is 0 Å². The molecule has 0 atom stereocenters. The number of aromatic amines is 1. The second-order valence-corrected chi connectivity index (χ2v) is 2.00. The van der Waals surface area contributed by atoms with Crippen LogP contribution in [-0.4, -0.2) is 16.7 Å². The van der Waals surface area contributed by atoms with Crippen LogP contribution in [0.5, 0.6) is 0 Å². The molecule has 0 bridgehead atoms. The minimum Gasteiger partial charge on any atom is -0.330 e. The van der Waals surface area contributed by atoms with Gasteiger partial charge in [0.25, 0.3) is 0 Å². The number of aromatic nitrogens is 2. The lowest BCUT2D eigenvalue weighted by molar-refractivity contribution is 0.833. The van der Waals surface area contributed by atoms with Gasteiger partial charge in [-0.25, -0.2) is 0 Å². The minimum absolute atomic E-state index is 0. The third kappa shape index (κ3) is 10.2. The Labute approximate surface area is 103 Å². The molecule has 3 nitrogen and oxygen atoms in total. The molecule has 1 aromatic rings. The van der Waals surface area contributed by atoms with Crippen molar-refractivity contribution in [2.24, 2.45) is 5.73 Å². The molecule has 1 rings (SSSR count). The predicted octanol–water partition coefficient (Wildman–Crippen LogP) is 1.99. The number of rotatable bonds is 3. The number of nitrogens with zero attached hydrogens (tertiary/aromatic N) is 1. The first-order valence-electron chi connectivity index (χ1n) is 3.11. The number of aryl methyl sites for hydroxylation is 1. The van der Waals surface area contributed by atoms with Gasteiger partial charge in [0.2, 0.25) is 0 Å². The second kappa shape index (κ2) is 14.8. The van der Waals surface area contributed by atoms with Crippen molar-refractivity contribution in [3.8, 4) is 0 Å². The molecule has 0 aliphatic carbocycles. The Balaban J connectivity index is -0.000000101. The van der Waals surface area contributed by atoms with Gasteiger partial charge in [0.05, 0.1) is 6.20 Å². The van der Waals surface area contributed by atoms with E-state index in [1.54, 1.807) is 0 Å². The SMILES string of the molecule is Cl.Cl.Cl.Cl.NCCCc1cn[nH]c1. The molecule has 0 radical (unpaired) electrons. The summed E-state index contributed by atoms with van der Waals surface area (Å²) in [5, 5.41) is 6.56. The second-order valence-electron chi connectivity index (χ2n) is 2.00. The number of nitrogens with two attached hydrogens (primary N) is 1. The fourth-order valence-electron chi connectivity index (χ4n) is 0.721. The molecule has 0 saturated heterocycles. The number of halogens is 4. The molecule has 0 fully saturated rings. The third-order valence-electron chi connectivity index (χ3n) is 1.22. The van der Waals surface area contributed by atoms with Gasteiger partial charge in [-0.3, -0.25) is 5.10 Å². The maximum atomic E-state index is 5.31. The molecule has 0 spiro atoms. The molecule has 0 aromatic carbocycles. The lowest BCUT2D eigenvalue weighted by Crippen LogP contribution is -1.99. The van der Waals surface area contributed by atoms with Crippen molar-refractivity contribution in [3.63, 3.8) is 0 Å². The van der Waals surface area contributed by atoms with Crippen LogP contribution in [-0.2, 0) is 6.42 Å². The van der Waals surface area contributed by atoms with Crippen molar-refractivity contribution < 1.29 is 0 Å². The topological polar surface area (TPSA) is 54.7 Å². The highest BCUT2D eigenvalue weighted by molar-refractivity contribution is 5.86. The van der Waals surface area contributed by atoms with Crippen LogP contribution in [0.4, 0.5) is 0 Å². The summed E-state index contributed by atoms with van der Waals surface area (Å²) in [5.74, 6) is 0. The molecular weight excluding hydrogens is 256 g/mol. The average Bonchev–Trinajstić information content (AvgIpc) is 2.34. The number of hydrogen-bond donors (Lipinski definition) is 2. The Kier molecular flexibility index (Phi) is 26.6. The fourth-order valence-corrected chi connectivity index (χ4v) is 0.721. The minimum atomic E-state index is 0. The monoisotopic (exact) mass is 269 g/mol. The van der Waals surface area contributed by atoms with E-state index in [1.165, 1.54) is 5.56 Å². The van der Waals surface area contributed by atoms with Crippen molar-refractivity contribution in [2.75, 3.05) is 6.54 Å². The summed E-state index contributed by atoms with van der Waals surface area (Å²) < 4.78 is 0. The Hall–Kier alpha value is 0.330. The molecule has 0 unspecified atom stereocenters. The van der Waals surface area contributed by atoms with Gasteiger partial charge < -0.3 is 5.73 Å². The van der Waals surface area contributed by atoms with Gasteiger partial charge in [0.15, 0.2) is 0 Å². The van der Waals surface area contributed by atoms with Crippen molar-refractivity contribution in [1.29, 1.82) is 0 Å². The summed E-state index contributed by atoms with van der Waals surface area (Å²) in [6, 6.07) is 0. The smallest absolute Gasteiger partial charge is 0.0519 e. The van der Waals surface area contributed by atoms with Crippen molar-refractivity contribution in [3.05, 3.63) is 18.0 Å². The largest absolute Gasteiger partial charge is 0.330 e. The predicted molar refractivity (Wildman–Crippen MR) is 65.0 cm³/mol. The molecule has 13 heavy (non-hydrogen) atoms. The van der Waals surface area contributed by atoms with Crippen LogP contribution in [0, 0.1) is 0 Å². The van der Waals surface area contributed by atoms with Gasteiger partial charge in [0.1, 0.15) is 0 Å². The maximum Gasteiger partial charge on any atom is 0.0519 e. The van der Waals surface area contributed by atoms with E-state index >= 15 is 0 Å². The van der Waals surface area contributed by atoms with E-state index in [2.05, 4.69) is 10.2 Å². The molecular formula is C6H15Cl4N3. The molecule has 0 amide bonds. The summed E-state index contributed by atoms with van der Waals surface area (Å²) in [4.78, 5) is 0. The fraction of sp³-hybridized carbons (Fsp3) is 0.500. The van der Waals surface area contributed by atoms with Crippen LogP contribution in [0.15, 0.2) is 12.4 Å². The maximum absolute atomic E-state index is 5.31. The third-order valence-corrected chi connectivity index (χ3v) is 1.22. The molecule has 1 aromatic heterocycles. The zero-order valence-electron chi connectivity index (χ0n) is 6.93. The zero-order chi connectivity index (χ0) is 6.53. The van der Waals surface area contributed by atoms with E-state index < -0.39 is 0 Å². The highest BCUT2D eigenvalue weighted by Gasteiger charge is 1.89. The quantitative estimate of drug-likeness (QED) is 0.883. The molecule has 0 saturated carbocycles. The van der Waals surface area contributed by atoms with Gasteiger partial charge in [-0.2, -0.15) is 5.10 Å².